The molecule has 1 rings (SSSR count). The molecule has 1 heterocycles. The quantitative estimate of drug-likeness (QED) is 0.776. The molecule has 0 spiro atoms. The van der Waals surface area contributed by atoms with Crippen LogP contribution in [0.4, 0.5) is 0 Å². The van der Waals surface area contributed by atoms with Crippen LogP contribution in [0.25, 0.3) is 0 Å². The molecular weight excluding hydrogens is 180 g/mol. The molecule has 4 heteroatoms. The predicted octanol–water partition coefficient (Wildman–Crippen LogP) is 1.59. The SMILES string of the molecule is Cc1nc(C)c(C)c(C(C)C(=O)O)n1. The highest BCUT2D eigenvalue weighted by Crippen LogP contribution is 2.19. The summed E-state index contributed by atoms with van der Waals surface area (Å²) in [5, 5.41) is 8.88. The number of carboxylic acids is 1. The molecule has 76 valence electrons. The van der Waals surface area contributed by atoms with E-state index < -0.39 is 11.9 Å². The summed E-state index contributed by atoms with van der Waals surface area (Å²) < 4.78 is 0. The van der Waals surface area contributed by atoms with Crippen molar-refractivity contribution in [3.05, 3.63) is 22.8 Å². The number of carbonyl (C=O) groups is 1. The summed E-state index contributed by atoms with van der Waals surface area (Å²) >= 11 is 0. The van der Waals surface area contributed by atoms with Gasteiger partial charge in [-0.05, 0) is 33.3 Å². The molecule has 1 atom stereocenters. The van der Waals surface area contributed by atoms with Gasteiger partial charge in [0.1, 0.15) is 5.82 Å². The Morgan fingerprint density at radius 2 is 1.86 bits per heavy atom. The highest BCUT2D eigenvalue weighted by atomic mass is 16.4. The molecule has 0 saturated heterocycles. The van der Waals surface area contributed by atoms with E-state index in [0.29, 0.717) is 11.5 Å². The first-order valence-electron chi connectivity index (χ1n) is 4.48. The first kappa shape index (κ1) is 10.6. The van der Waals surface area contributed by atoms with Crippen LogP contribution in [0.3, 0.4) is 0 Å². The van der Waals surface area contributed by atoms with Gasteiger partial charge in [0.05, 0.1) is 11.6 Å². The molecule has 0 aliphatic carbocycles. The molecule has 0 aliphatic heterocycles. The standard InChI is InChI=1S/C10H14N2O2/c1-5-7(3)11-8(4)12-9(5)6(2)10(13)14/h6H,1-4H3,(H,13,14). The van der Waals surface area contributed by atoms with E-state index in [-0.39, 0.29) is 0 Å². The van der Waals surface area contributed by atoms with Crippen molar-refractivity contribution >= 4 is 5.97 Å². The summed E-state index contributed by atoms with van der Waals surface area (Å²) in [5.74, 6) is -0.808. The van der Waals surface area contributed by atoms with Crippen LogP contribution in [-0.2, 0) is 4.79 Å². The summed E-state index contributed by atoms with van der Waals surface area (Å²) in [6, 6.07) is 0. The van der Waals surface area contributed by atoms with E-state index >= 15 is 0 Å². The van der Waals surface area contributed by atoms with Gasteiger partial charge in [-0.2, -0.15) is 0 Å². The van der Waals surface area contributed by atoms with Crippen LogP contribution in [0.15, 0.2) is 0 Å². The Hall–Kier alpha value is -1.45. The maximum absolute atomic E-state index is 10.8. The van der Waals surface area contributed by atoms with E-state index in [1.54, 1.807) is 13.8 Å². The second-order valence-electron chi connectivity index (χ2n) is 3.43. The largest absolute Gasteiger partial charge is 0.481 e. The fourth-order valence-electron chi connectivity index (χ4n) is 1.33. The fourth-order valence-corrected chi connectivity index (χ4v) is 1.33. The highest BCUT2D eigenvalue weighted by molar-refractivity contribution is 5.75. The number of aromatic nitrogens is 2. The van der Waals surface area contributed by atoms with Crippen molar-refractivity contribution in [1.29, 1.82) is 0 Å². The van der Waals surface area contributed by atoms with E-state index in [1.165, 1.54) is 0 Å². The molecule has 0 saturated carbocycles. The van der Waals surface area contributed by atoms with E-state index in [2.05, 4.69) is 9.97 Å². The van der Waals surface area contributed by atoms with Crippen molar-refractivity contribution in [2.45, 2.75) is 33.6 Å². The number of carboxylic acid groups (broad SMARTS) is 1. The normalized spacial score (nSPS) is 12.6. The third-order valence-corrected chi connectivity index (χ3v) is 2.32. The van der Waals surface area contributed by atoms with Crippen LogP contribution >= 0.6 is 0 Å². The van der Waals surface area contributed by atoms with Crippen molar-refractivity contribution in [3.8, 4) is 0 Å². The minimum Gasteiger partial charge on any atom is -0.481 e. The van der Waals surface area contributed by atoms with Crippen LogP contribution in [0.2, 0.25) is 0 Å². The molecule has 0 amide bonds. The lowest BCUT2D eigenvalue weighted by atomic mass is 10.0. The second-order valence-corrected chi connectivity index (χ2v) is 3.43. The van der Waals surface area contributed by atoms with E-state index in [9.17, 15) is 4.79 Å². The first-order valence-corrected chi connectivity index (χ1v) is 4.48. The number of hydrogen-bond acceptors (Lipinski definition) is 3. The Labute approximate surface area is 83.0 Å². The van der Waals surface area contributed by atoms with E-state index in [0.717, 1.165) is 11.3 Å². The molecular formula is C10H14N2O2. The van der Waals surface area contributed by atoms with Gasteiger partial charge in [0, 0.05) is 5.69 Å². The summed E-state index contributed by atoms with van der Waals surface area (Å²) in [7, 11) is 0. The molecule has 0 fully saturated rings. The Balaban J connectivity index is 3.26. The molecule has 0 radical (unpaired) electrons. The maximum atomic E-state index is 10.8. The predicted molar refractivity (Wildman–Crippen MR) is 52.3 cm³/mol. The summed E-state index contributed by atoms with van der Waals surface area (Å²) in [6.45, 7) is 7.12. The number of nitrogens with zero attached hydrogens (tertiary/aromatic N) is 2. The molecule has 4 nitrogen and oxygen atoms in total. The van der Waals surface area contributed by atoms with Gasteiger partial charge in [-0.3, -0.25) is 4.79 Å². The fraction of sp³-hybridized carbons (Fsp3) is 0.500. The molecule has 0 bridgehead atoms. The number of rotatable bonds is 2. The Kier molecular flexibility index (Phi) is 2.84. The molecule has 0 aromatic carbocycles. The van der Waals surface area contributed by atoms with Gasteiger partial charge in [0.15, 0.2) is 0 Å². The van der Waals surface area contributed by atoms with Crippen LogP contribution < -0.4 is 0 Å². The summed E-state index contributed by atoms with van der Waals surface area (Å²) in [5.41, 5.74) is 2.33. The highest BCUT2D eigenvalue weighted by Gasteiger charge is 2.19. The van der Waals surface area contributed by atoms with Gasteiger partial charge in [-0.15, -0.1) is 0 Å². The van der Waals surface area contributed by atoms with Gasteiger partial charge in [0.25, 0.3) is 0 Å². The molecule has 0 aliphatic rings. The first-order chi connectivity index (χ1) is 6.43. The van der Waals surface area contributed by atoms with Crippen molar-refractivity contribution in [3.63, 3.8) is 0 Å². The Morgan fingerprint density at radius 3 is 2.36 bits per heavy atom. The van der Waals surface area contributed by atoms with E-state index in [4.69, 9.17) is 5.11 Å². The Morgan fingerprint density at radius 1 is 1.29 bits per heavy atom. The summed E-state index contributed by atoms with van der Waals surface area (Å²) in [6.07, 6.45) is 0. The molecule has 1 unspecified atom stereocenters. The van der Waals surface area contributed by atoms with Crippen LogP contribution in [0.1, 0.15) is 35.6 Å². The average Bonchev–Trinajstić information content (AvgIpc) is 2.09. The monoisotopic (exact) mass is 194 g/mol. The molecule has 1 aromatic rings. The van der Waals surface area contributed by atoms with E-state index in [1.807, 2.05) is 13.8 Å². The molecule has 1 aromatic heterocycles. The van der Waals surface area contributed by atoms with Crippen molar-refractivity contribution < 1.29 is 9.90 Å². The lowest BCUT2D eigenvalue weighted by Gasteiger charge is -2.11. The van der Waals surface area contributed by atoms with Gasteiger partial charge in [-0.25, -0.2) is 9.97 Å². The zero-order chi connectivity index (χ0) is 10.9. The number of hydrogen-bond donors (Lipinski definition) is 1. The average molecular weight is 194 g/mol. The van der Waals surface area contributed by atoms with Crippen LogP contribution in [-0.4, -0.2) is 21.0 Å². The smallest absolute Gasteiger partial charge is 0.312 e. The minimum absolute atomic E-state index is 0.574. The second kappa shape index (κ2) is 3.74. The maximum Gasteiger partial charge on any atom is 0.312 e. The minimum atomic E-state index is -0.856. The van der Waals surface area contributed by atoms with Gasteiger partial charge >= 0.3 is 5.97 Å². The van der Waals surface area contributed by atoms with Gasteiger partial charge in [-0.1, -0.05) is 0 Å². The summed E-state index contributed by atoms with van der Waals surface area (Å²) in [4.78, 5) is 19.1. The lowest BCUT2D eigenvalue weighted by Crippen LogP contribution is -2.13. The zero-order valence-corrected chi connectivity index (χ0v) is 8.83. The zero-order valence-electron chi connectivity index (χ0n) is 8.83. The third-order valence-electron chi connectivity index (χ3n) is 2.32. The molecule has 1 N–H and O–H groups in total. The van der Waals surface area contributed by atoms with Crippen LogP contribution in [0, 0.1) is 20.8 Å². The molecule has 14 heavy (non-hydrogen) atoms. The van der Waals surface area contributed by atoms with Gasteiger partial charge in [0.2, 0.25) is 0 Å². The van der Waals surface area contributed by atoms with Crippen molar-refractivity contribution in [2.24, 2.45) is 0 Å². The lowest BCUT2D eigenvalue weighted by molar-refractivity contribution is -0.138. The van der Waals surface area contributed by atoms with Crippen molar-refractivity contribution in [2.75, 3.05) is 0 Å². The van der Waals surface area contributed by atoms with Crippen molar-refractivity contribution in [1.82, 2.24) is 9.97 Å². The van der Waals surface area contributed by atoms with Gasteiger partial charge < -0.3 is 5.11 Å². The number of aryl methyl sites for hydroxylation is 2. The number of aliphatic carboxylic acids is 1. The third kappa shape index (κ3) is 1.89. The topological polar surface area (TPSA) is 63.1 Å². The van der Waals surface area contributed by atoms with Crippen LogP contribution in [0.5, 0.6) is 0 Å². The Bertz CT molecular complexity index is 375.